The Balaban J connectivity index is 1.14. The van der Waals surface area contributed by atoms with E-state index < -0.39 is 40.1 Å². The smallest absolute Gasteiger partial charge is 0.326 e. The summed E-state index contributed by atoms with van der Waals surface area (Å²) in [7, 11) is -3.87. The van der Waals surface area contributed by atoms with Gasteiger partial charge in [-0.1, -0.05) is 66.2 Å². The van der Waals surface area contributed by atoms with Crippen molar-refractivity contribution in [1.29, 1.82) is 0 Å². The van der Waals surface area contributed by atoms with E-state index in [1.165, 1.54) is 10.5 Å². The molecule has 4 N–H and O–H groups in total. The number of nitrogens with one attached hydrogen (secondary N) is 3. The number of nitrogens with zero attached hydrogens (tertiary/aromatic N) is 1. The minimum atomic E-state index is -3.87. The first-order valence-electron chi connectivity index (χ1n) is 17.2. The van der Waals surface area contributed by atoms with E-state index >= 15 is 0 Å². The van der Waals surface area contributed by atoms with Gasteiger partial charge in [-0.15, -0.1) is 11.8 Å². The van der Waals surface area contributed by atoms with E-state index in [0.717, 1.165) is 35.2 Å². The largest absolute Gasteiger partial charge is 0.480 e. The zero-order chi connectivity index (χ0) is 36.5. The predicted molar refractivity (Wildman–Crippen MR) is 199 cm³/mol. The predicted octanol–water partition coefficient (Wildman–Crippen LogP) is 4.94. The number of aliphatic carboxylic acids is 1. The van der Waals surface area contributed by atoms with Crippen molar-refractivity contribution in [3.8, 4) is 0 Å². The summed E-state index contributed by atoms with van der Waals surface area (Å²) in [6.45, 7) is 3.94. The lowest BCUT2D eigenvalue weighted by molar-refractivity contribution is -0.150. The van der Waals surface area contributed by atoms with Gasteiger partial charge in [-0.3, -0.25) is 14.9 Å². The molecule has 4 atom stereocenters. The van der Waals surface area contributed by atoms with Gasteiger partial charge >= 0.3 is 11.9 Å². The van der Waals surface area contributed by atoms with Crippen LogP contribution in [0.2, 0.25) is 0 Å². The summed E-state index contributed by atoms with van der Waals surface area (Å²) >= 11 is 8.19. The topological polar surface area (TPSA) is 154 Å². The zero-order valence-electron chi connectivity index (χ0n) is 28.8. The molecule has 5 rings (SSSR count). The lowest BCUT2D eigenvalue weighted by atomic mass is 10.0. The van der Waals surface area contributed by atoms with Gasteiger partial charge in [-0.2, -0.15) is 0 Å². The van der Waals surface area contributed by atoms with E-state index in [1.807, 2.05) is 47.9 Å². The van der Waals surface area contributed by atoms with Crippen molar-refractivity contribution in [1.82, 2.24) is 20.3 Å². The monoisotopic (exact) mass is 756 g/mol. The van der Waals surface area contributed by atoms with Crippen LogP contribution in [0, 0.1) is 0 Å². The number of carbonyl (C=O) groups excluding carboxylic acids is 2. The highest BCUT2D eigenvalue weighted by atomic mass is 35.5. The number of rotatable bonds is 16. The molecular formula is C37H45ClN4O7S2. The molecule has 1 saturated heterocycles. The summed E-state index contributed by atoms with van der Waals surface area (Å²) < 4.78 is 34.6. The molecule has 14 heteroatoms. The summed E-state index contributed by atoms with van der Waals surface area (Å²) in [4.78, 5) is 38.9. The van der Waals surface area contributed by atoms with Gasteiger partial charge in [0, 0.05) is 25.2 Å². The van der Waals surface area contributed by atoms with Gasteiger partial charge in [0.15, 0.2) is 0 Å². The first-order chi connectivity index (χ1) is 24.4. The van der Waals surface area contributed by atoms with Gasteiger partial charge < -0.3 is 20.1 Å². The molecule has 274 valence electrons. The normalized spacial score (nSPS) is 20.1. The number of carboxylic acid groups (broad SMARTS) is 1. The molecule has 51 heavy (non-hydrogen) atoms. The molecule has 11 nitrogen and oxygen atoms in total. The van der Waals surface area contributed by atoms with Crippen LogP contribution >= 0.6 is 23.4 Å². The van der Waals surface area contributed by atoms with Crippen LogP contribution in [-0.4, -0.2) is 72.9 Å². The van der Waals surface area contributed by atoms with Crippen molar-refractivity contribution >= 4 is 51.2 Å². The van der Waals surface area contributed by atoms with Crippen molar-refractivity contribution < 1.29 is 32.6 Å². The maximum Gasteiger partial charge on any atom is 0.326 e. The van der Waals surface area contributed by atoms with Gasteiger partial charge in [0.2, 0.25) is 15.9 Å². The highest BCUT2D eigenvalue weighted by Gasteiger charge is 2.37. The molecule has 0 aromatic heterocycles. The number of esters is 1. The Bertz CT molecular complexity index is 1780. The Labute approximate surface area is 309 Å². The Hall–Kier alpha value is -3.62. The highest BCUT2D eigenvalue weighted by Crippen LogP contribution is 2.38. The molecule has 2 aliphatic heterocycles. The van der Waals surface area contributed by atoms with Crippen LogP contribution in [0.25, 0.3) is 0 Å². The quantitative estimate of drug-likeness (QED) is 0.173. The van der Waals surface area contributed by atoms with Crippen molar-refractivity contribution in [2.75, 3.05) is 13.2 Å². The maximum absolute atomic E-state index is 13.4. The molecular weight excluding hydrogens is 712 g/mol. The third-order valence-electron chi connectivity index (χ3n) is 9.21. The molecule has 3 aliphatic rings. The van der Waals surface area contributed by atoms with E-state index in [9.17, 15) is 27.9 Å². The summed E-state index contributed by atoms with van der Waals surface area (Å²) in [6, 6.07) is 15.3. The van der Waals surface area contributed by atoms with Crippen LogP contribution in [0.15, 0.2) is 87.3 Å². The first-order valence-corrected chi connectivity index (χ1v) is 20.0. The number of aryl methyl sites for hydroxylation is 2. The second-order valence-electron chi connectivity index (χ2n) is 12.8. The number of hydrogen-bond acceptors (Lipinski definition) is 9. The SMILES string of the molecule is CCOC(=O)[C@H](CCc1ccc(CNS(=O)(=O)C2=C(Cl)C=C3N[C@H](CCc4ccccc4)SC=C3C2)cc1)N[C@@H](C)C(=O)N1CCCC1C(=O)O. The van der Waals surface area contributed by atoms with Crippen LogP contribution in [0.4, 0.5) is 0 Å². The fraction of sp³-hybridized carbons (Fsp3) is 0.432. The number of sulfonamides is 1. The Morgan fingerprint density at radius 1 is 1.08 bits per heavy atom. The number of ether oxygens (including phenoxy) is 1. The third-order valence-corrected chi connectivity index (χ3v) is 12.3. The fourth-order valence-corrected chi connectivity index (χ4v) is 9.05. The molecule has 0 saturated carbocycles. The zero-order valence-corrected chi connectivity index (χ0v) is 31.2. The molecule has 1 fully saturated rings. The third kappa shape index (κ3) is 10.3. The number of amides is 1. The van der Waals surface area contributed by atoms with Crippen LogP contribution in [0.3, 0.4) is 0 Å². The Morgan fingerprint density at radius 2 is 1.78 bits per heavy atom. The standard InChI is InChI=1S/C37H45ClN4O7S2/c1-3-49-37(46)30(40-24(2)35(43)42-19-7-10-32(42)36(44)45)17-15-26-11-13-27(14-12-26)22-39-51(47,48)33-20-28-23-50-34(41-31(28)21-29(33)38)18-16-25-8-5-4-6-9-25/h4-6,8-9,11-14,21,23-24,30,32,34,39-41H,3,7,10,15-20,22H2,1-2H3,(H,44,45)/t24-,30-,32?,34-/m0/s1. The maximum atomic E-state index is 13.4. The number of likely N-dealkylation sites (tertiary alicyclic amines) is 1. The highest BCUT2D eigenvalue weighted by molar-refractivity contribution is 8.02. The number of allylic oxidation sites excluding steroid dienone is 4. The van der Waals surface area contributed by atoms with Gasteiger partial charge in [-0.05, 0) is 86.1 Å². The summed E-state index contributed by atoms with van der Waals surface area (Å²) in [5, 5.41) is 18.4. The second kappa shape index (κ2) is 17.7. The summed E-state index contributed by atoms with van der Waals surface area (Å²) in [6.07, 6.45) is 5.58. The van der Waals surface area contributed by atoms with Crippen LogP contribution in [0.1, 0.15) is 62.6 Å². The average Bonchev–Trinajstić information content (AvgIpc) is 3.62. The first kappa shape index (κ1) is 38.6. The van der Waals surface area contributed by atoms with Crippen LogP contribution < -0.4 is 15.4 Å². The van der Waals surface area contributed by atoms with Crippen molar-refractivity contribution in [3.05, 3.63) is 104 Å². The van der Waals surface area contributed by atoms with Gasteiger partial charge in [0.1, 0.15) is 12.1 Å². The van der Waals surface area contributed by atoms with Crippen molar-refractivity contribution in [2.45, 2.75) is 88.8 Å². The Kier molecular flexibility index (Phi) is 13.4. The molecule has 1 amide bonds. The fourth-order valence-electron chi connectivity index (χ4n) is 6.39. The van der Waals surface area contributed by atoms with Gasteiger partial charge in [-0.25, -0.2) is 17.9 Å². The van der Waals surface area contributed by atoms with E-state index in [0.29, 0.717) is 32.2 Å². The van der Waals surface area contributed by atoms with E-state index in [1.54, 1.807) is 31.7 Å². The lowest BCUT2D eigenvalue weighted by Gasteiger charge is -2.30. The van der Waals surface area contributed by atoms with Crippen molar-refractivity contribution in [2.24, 2.45) is 0 Å². The summed E-state index contributed by atoms with van der Waals surface area (Å²) in [5.41, 5.74) is 4.67. The number of carbonyl (C=O) groups is 3. The molecule has 0 spiro atoms. The number of fused-ring (bicyclic) bond motifs is 1. The summed E-state index contributed by atoms with van der Waals surface area (Å²) in [5.74, 6) is -1.88. The van der Waals surface area contributed by atoms with Crippen molar-refractivity contribution in [3.63, 3.8) is 0 Å². The number of halogens is 1. The van der Waals surface area contributed by atoms with Gasteiger partial charge in [0.05, 0.1) is 28.0 Å². The van der Waals surface area contributed by atoms with E-state index in [-0.39, 0.29) is 40.8 Å². The van der Waals surface area contributed by atoms with Gasteiger partial charge in [0.25, 0.3) is 0 Å². The lowest BCUT2D eigenvalue weighted by Crippen LogP contribution is -2.53. The van der Waals surface area contributed by atoms with Crippen LogP contribution in [0.5, 0.6) is 0 Å². The molecule has 0 radical (unpaired) electrons. The van der Waals surface area contributed by atoms with E-state index in [2.05, 4.69) is 27.5 Å². The number of carboxylic acids is 1. The molecule has 0 bridgehead atoms. The minimum Gasteiger partial charge on any atom is -0.480 e. The molecule has 1 aliphatic carbocycles. The number of hydrogen-bond donors (Lipinski definition) is 4. The average molecular weight is 757 g/mol. The minimum absolute atomic E-state index is 0.0704. The molecule has 2 aromatic rings. The van der Waals surface area contributed by atoms with E-state index in [4.69, 9.17) is 16.3 Å². The molecule has 1 unspecified atom stereocenters. The Morgan fingerprint density at radius 3 is 2.49 bits per heavy atom. The number of thioether (sulfide) groups is 1. The molecule has 2 heterocycles. The van der Waals surface area contributed by atoms with Crippen LogP contribution in [-0.2, 0) is 48.5 Å². The number of benzene rings is 2. The second-order valence-corrected chi connectivity index (χ2v) is 16.1. The molecule has 2 aromatic carbocycles.